The number of fused-ring (bicyclic) bond motifs is 2. The van der Waals surface area contributed by atoms with Crippen molar-refractivity contribution in [1.82, 2.24) is 4.98 Å². The average Bonchev–Trinajstić information content (AvgIpc) is 2.92. The lowest BCUT2D eigenvalue weighted by molar-refractivity contribution is -0.137. The van der Waals surface area contributed by atoms with E-state index < -0.39 is 11.7 Å². The Hall–Kier alpha value is -2.57. The zero-order chi connectivity index (χ0) is 19.9. The van der Waals surface area contributed by atoms with Gasteiger partial charge in [-0.05, 0) is 43.5 Å². The van der Waals surface area contributed by atoms with E-state index in [-0.39, 0.29) is 23.8 Å². The zero-order valence-electron chi connectivity index (χ0n) is 15.4. The van der Waals surface area contributed by atoms with Gasteiger partial charge >= 0.3 is 6.18 Å². The van der Waals surface area contributed by atoms with E-state index in [4.69, 9.17) is 4.74 Å². The van der Waals surface area contributed by atoms with Crippen LogP contribution in [0.1, 0.15) is 47.2 Å². The van der Waals surface area contributed by atoms with E-state index in [9.17, 15) is 18.0 Å². The third-order valence-electron chi connectivity index (χ3n) is 5.62. The average molecular weight is 390 g/mol. The number of pyridine rings is 1. The molecule has 3 heterocycles. The van der Waals surface area contributed by atoms with E-state index in [0.717, 1.165) is 43.4 Å². The Morgan fingerprint density at radius 3 is 2.43 bits per heavy atom. The van der Waals surface area contributed by atoms with Crippen molar-refractivity contribution in [2.45, 2.75) is 57.0 Å². The first-order chi connectivity index (χ1) is 13.3. The second-order valence-electron chi connectivity index (χ2n) is 7.57. The number of piperidine rings is 1. The number of anilines is 1. The van der Waals surface area contributed by atoms with Gasteiger partial charge in [-0.2, -0.15) is 13.2 Å². The number of aldehydes is 1. The van der Waals surface area contributed by atoms with Crippen molar-refractivity contribution in [2.75, 3.05) is 4.90 Å². The largest absolute Gasteiger partial charge is 0.474 e. The van der Waals surface area contributed by atoms with Crippen molar-refractivity contribution in [3.8, 4) is 5.88 Å². The van der Waals surface area contributed by atoms with E-state index >= 15 is 0 Å². The van der Waals surface area contributed by atoms with Crippen LogP contribution in [-0.4, -0.2) is 29.5 Å². The zero-order valence-corrected chi connectivity index (χ0v) is 15.4. The molecule has 4 rings (SSSR count). The molecular weight excluding hydrogens is 369 g/mol. The molecule has 2 aliphatic rings. The van der Waals surface area contributed by atoms with E-state index in [1.807, 2.05) is 19.1 Å². The number of alkyl halides is 3. The molecule has 2 aromatic rings. The topological polar surface area (TPSA) is 42.4 Å². The molecule has 0 saturated carbocycles. The van der Waals surface area contributed by atoms with Gasteiger partial charge in [-0.1, -0.05) is 6.07 Å². The van der Waals surface area contributed by atoms with E-state index in [0.29, 0.717) is 17.9 Å². The lowest BCUT2D eigenvalue weighted by Gasteiger charge is -2.41. The quantitative estimate of drug-likeness (QED) is 0.704. The predicted molar refractivity (Wildman–Crippen MR) is 98.7 cm³/mol. The van der Waals surface area contributed by atoms with Crippen LogP contribution in [-0.2, 0) is 6.18 Å². The van der Waals surface area contributed by atoms with Crippen LogP contribution < -0.4 is 9.64 Å². The van der Waals surface area contributed by atoms with Gasteiger partial charge in [0.05, 0.1) is 5.56 Å². The van der Waals surface area contributed by atoms with Crippen LogP contribution in [0.3, 0.4) is 0 Å². The summed E-state index contributed by atoms with van der Waals surface area (Å²) in [7, 11) is 0. The lowest BCUT2D eigenvalue weighted by Crippen LogP contribution is -2.47. The molecule has 2 bridgehead atoms. The van der Waals surface area contributed by atoms with Gasteiger partial charge in [0, 0.05) is 48.4 Å². The van der Waals surface area contributed by atoms with Crippen molar-refractivity contribution < 1.29 is 22.7 Å². The summed E-state index contributed by atoms with van der Waals surface area (Å²) >= 11 is 0. The standard InChI is InChI=1S/C21H21F3N2O2/c1-13-2-7-20(25-11-13)28-18-9-16-4-5-17(10-18)26(16)19-6-3-15(21(22,23)24)8-14(19)12-27/h2-3,6-8,11-12,16-18H,4-5,9-10H2,1H3/t16-,17+,18+. The second-order valence-corrected chi connectivity index (χ2v) is 7.57. The highest BCUT2D eigenvalue weighted by atomic mass is 19.4. The molecule has 2 fully saturated rings. The highest BCUT2D eigenvalue weighted by Crippen LogP contribution is 2.42. The Labute approximate surface area is 161 Å². The van der Waals surface area contributed by atoms with Crippen LogP contribution >= 0.6 is 0 Å². The van der Waals surface area contributed by atoms with Crippen LogP contribution in [0.2, 0.25) is 0 Å². The Kier molecular flexibility index (Phi) is 4.77. The van der Waals surface area contributed by atoms with Crippen molar-refractivity contribution in [3.05, 3.63) is 53.2 Å². The molecule has 0 unspecified atom stereocenters. The highest BCUT2D eigenvalue weighted by Gasteiger charge is 2.43. The summed E-state index contributed by atoms with van der Waals surface area (Å²) in [6.07, 6.45) is 1.21. The SMILES string of the molecule is Cc1ccc(O[C@H]2C[C@H]3CC[C@@H](C2)N3c2ccc(C(F)(F)F)cc2C=O)nc1. The lowest BCUT2D eigenvalue weighted by atomic mass is 9.97. The number of carbonyl (C=O) groups excluding carboxylic acids is 1. The summed E-state index contributed by atoms with van der Waals surface area (Å²) in [5.74, 6) is 0.589. The number of aryl methyl sites for hydroxylation is 1. The Bertz CT molecular complexity index is 853. The van der Waals surface area contributed by atoms with Crippen molar-refractivity contribution >= 4 is 12.0 Å². The molecule has 148 valence electrons. The normalized spacial score (nSPS) is 24.3. The fourth-order valence-corrected chi connectivity index (χ4v) is 4.37. The number of carbonyl (C=O) groups is 1. The molecule has 4 nitrogen and oxygen atoms in total. The number of aromatic nitrogens is 1. The predicted octanol–water partition coefficient (Wildman–Crippen LogP) is 4.80. The van der Waals surface area contributed by atoms with Crippen LogP contribution in [0.5, 0.6) is 5.88 Å². The summed E-state index contributed by atoms with van der Waals surface area (Å²) in [4.78, 5) is 17.9. The van der Waals surface area contributed by atoms with Crippen LogP contribution in [0.25, 0.3) is 0 Å². The van der Waals surface area contributed by atoms with Crippen LogP contribution in [0.4, 0.5) is 18.9 Å². The molecule has 0 amide bonds. The van der Waals surface area contributed by atoms with E-state index in [1.54, 1.807) is 6.20 Å². The number of hydrogen-bond acceptors (Lipinski definition) is 4. The number of halogens is 3. The first kappa shape index (κ1) is 18.8. The van der Waals surface area contributed by atoms with Gasteiger partial charge in [-0.25, -0.2) is 4.98 Å². The number of nitrogens with zero attached hydrogens (tertiary/aromatic N) is 2. The van der Waals surface area contributed by atoms with Gasteiger partial charge in [0.25, 0.3) is 0 Å². The maximum absolute atomic E-state index is 13.0. The minimum absolute atomic E-state index is 0.0121. The molecule has 0 N–H and O–H groups in total. The molecule has 1 aromatic carbocycles. The Morgan fingerprint density at radius 1 is 1.14 bits per heavy atom. The number of ether oxygens (including phenoxy) is 1. The molecule has 0 aliphatic carbocycles. The number of hydrogen-bond donors (Lipinski definition) is 0. The monoisotopic (exact) mass is 390 g/mol. The summed E-state index contributed by atoms with van der Waals surface area (Å²) in [5, 5.41) is 0. The number of rotatable bonds is 4. The maximum atomic E-state index is 13.0. The van der Waals surface area contributed by atoms with Gasteiger partial charge in [0.1, 0.15) is 6.10 Å². The third kappa shape index (κ3) is 3.57. The van der Waals surface area contributed by atoms with Crippen molar-refractivity contribution in [1.29, 1.82) is 0 Å². The summed E-state index contributed by atoms with van der Waals surface area (Å²) in [5.41, 5.74) is 0.939. The van der Waals surface area contributed by atoms with E-state index in [1.165, 1.54) is 6.07 Å². The van der Waals surface area contributed by atoms with Gasteiger partial charge in [-0.15, -0.1) is 0 Å². The third-order valence-corrected chi connectivity index (χ3v) is 5.62. The molecule has 2 saturated heterocycles. The molecule has 1 aromatic heterocycles. The van der Waals surface area contributed by atoms with Crippen LogP contribution in [0.15, 0.2) is 36.5 Å². The molecular formula is C21H21F3N2O2. The van der Waals surface area contributed by atoms with Gasteiger partial charge < -0.3 is 9.64 Å². The molecule has 2 aliphatic heterocycles. The number of benzene rings is 1. The van der Waals surface area contributed by atoms with Crippen LogP contribution in [0, 0.1) is 6.92 Å². The first-order valence-electron chi connectivity index (χ1n) is 9.39. The molecule has 7 heteroatoms. The summed E-state index contributed by atoms with van der Waals surface area (Å²) in [6.45, 7) is 1.96. The fraction of sp³-hybridized carbons (Fsp3) is 0.429. The highest BCUT2D eigenvalue weighted by molar-refractivity contribution is 5.85. The molecule has 0 spiro atoms. The van der Waals surface area contributed by atoms with Gasteiger partial charge in [0.2, 0.25) is 5.88 Å². The summed E-state index contributed by atoms with van der Waals surface area (Å²) in [6, 6.07) is 7.52. The molecule has 0 radical (unpaired) electrons. The Balaban J connectivity index is 1.54. The second kappa shape index (κ2) is 7.11. The maximum Gasteiger partial charge on any atom is 0.416 e. The molecule has 3 atom stereocenters. The Morgan fingerprint density at radius 2 is 1.86 bits per heavy atom. The van der Waals surface area contributed by atoms with Crippen molar-refractivity contribution in [3.63, 3.8) is 0 Å². The summed E-state index contributed by atoms with van der Waals surface area (Å²) < 4.78 is 45.0. The van der Waals surface area contributed by atoms with Gasteiger partial charge in [0.15, 0.2) is 6.29 Å². The minimum atomic E-state index is -4.46. The van der Waals surface area contributed by atoms with Crippen molar-refractivity contribution in [2.24, 2.45) is 0 Å². The van der Waals surface area contributed by atoms with E-state index in [2.05, 4.69) is 9.88 Å². The fourth-order valence-electron chi connectivity index (χ4n) is 4.37. The van der Waals surface area contributed by atoms with Gasteiger partial charge in [-0.3, -0.25) is 4.79 Å². The first-order valence-corrected chi connectivity index (χ1v) is 9.39. The molecule has 28 heavy (non-hydrogen) atoms. The smallest absolute Gasteiger partial charge is 0.416 e. The minimum Gasteiger partial charge on any atom is -0.474 e.